The van der Waals surface area contributed by atoms with Crippen LogP contribution in [0.5, 0.6) is 0 Å². The molecular weight excluding hydrogens is 367 g/mol. The SMILES string of the molecule is CCC(C)NC(=O)CCNC(=NC)NCCC(C)C.I. The number of amides is 1. The third-order valence-corrected chi connectivity index (χ3v) is 2.90. The van der Waals surface area contributed by atoms with E-state index in [0.29, 0.717) is 18.9 Å². The topological polar surface area (TPSA) is 65.5 Å². The second-order valence-corrected chi connectivity index (χ2v) is 5.24. The fraction of sp³-hybridized carbons (Fsp3) is 0.857. The number of aliphatic imine (C=N–C) groups is 1. The Balaban J connectivity index is 0. The maximum absolute atomic E-state index is 11.6. The third-order valence-electron chi connectivity index (χ3n) is 2.90. The largest absolute Gasteiger partial charge is 0.356 e. The summed E-state index contributed by atoms with van der Waals surface area (Å²) in [6.07, 6.45) is 2.53. The number of nitrogens with one attached hydrogen (secondary N) is 3. The molecule has 1 atom stereocenters. The number of carbonyl (C=O) groups excluding carboxylic acids is 1. The van der Waals surface area contributed by atoms with Crippen LogP contribution in [0, 0.1) is 5.92 Å². The summed E-state index contributed by atoms with van der Waals surface area (Å²) in [7, 11) is 1.74. The van der Waals surface area contributed by atoms with E-state index in [-0.39, 0.29) is 35.9 Å². The van der Waals surface area contributed by atoms with Gasteiger partial charge >= 0.3 is 0 Å². The lowest BCUT2D eigenvalue weighted by atomic mass is 10.1. The molecule has 120 valence electrons. The molecule has 0 aromatic heterocycles. The molecule has 0 aliphatic rings. The van der Waals surface area contributed by atoms with Gasteiger partial charge in [0, 0.05) is 32.6 Å². The van der Waals surface area contributed by atoms with Crippen LogP contribution in [0.3, 0.4) is 0 Å². The first kappa shape index (κ1) is 21.8. The highest BCUT2D eigenvalue weighted by Gasteiger charge is 2.05. The minimum absolute atomic E-state index is 0. The Hall–Kier alpha value is -0.530. The molecule has 0 bridgehead atoms. The first-order chi connectivity index (χ1) is 8.99. The number of guanidine groups is 1. The number of carbonyl (C=O) groups is 1. The monoisotopic (exact) mass is 398 g/mol. The van der Waals surface area contributed by atoms with Crippen molar-refractivity contribution in [1.29, 1.82) is 0 Å². The lowest BCUT2D eigenvalue weighted by Crippen LogP contribution is -2.40. The third kappa shape index (κ3) is 12.5. The van der Waals surface area contributed by atoms with Crippen LogP contribution in [0.4, 0.5) is 0 Å². The van der Waals surface area contributed by atoms with Gasteiger partial charge in [0.1, 0.15) is 0 Å². The van der Waals surface area contributed by atoms with Crippen LogP contribution in [0.2, 0.25) is 0 Å². The van der Waals surface area contributed by atoms with Crippen molar-refractivity contribution in [1.82, 2.24) is 16.0 Å². The van der Waals surface area contributed by atoms with Gasteiger partial charge < -0.3 is 16.0 Å². The van der Waals surface area contributed by atoms with Gasteiger partial charge in [0.05, 0.1) is 0 Å². The molecule has 0 saturated carbocycles. The van der Waals surface area contributed by atoms with Crippen molar-refractivity contribution in [3.8, 4) is 0 Å². The Morgan fingerprint density at radius 1 is 1.15 bits per heavy atom. The zero-order valence-electron chi connectivity index (χ0n) is 13.5. The Kier molecular flexibility index (Phi) is 14.6. The number of nitrogens with zero attached hydrogens (tertiary/aromatic N) is 1. The predicted octanol–water partition coefficient (Wildman–Crippen LogP) is 2.12. The molecule has 6 heteroatoms. The van der Waals surface area contributed by atoms with Gasteiger partial charge in [-0.1, -0.05) is 20.8 Å². The van der Waals surface area contributed by atoms with Gasteiger partial charge in [0.15, 0.2) is 5.96 Å². The van der Waals surface area contributed by atoms with E-state index in [1.165, 1.54) is 0 Å². The number of hydrogen-bond acceptors (Lipinski definition) is 2. The van der Waals surface area contributed by atoms with E-state index >= 15 is 0 Å². The summed E-state index contributed by atoms with van der Waals surface area (Å²) in [4.78, 5) is 15.7. The molecule has 0 aromatic carbocycles. The number of halogens is 1. The van der Waals surface area contributed by atoms with E-state index in [2.05, 4.69) is 41.7 Å². The fourth-order valence-electron chi connectivity index (χ4n) is 1.44. The van der Waals surface area contributed by atoms with Crippen molar-refractivity contribution >= 4 is 35.8 Å². The molecule has 0 heterocycles. The average Bonchev–Trinajstić information content (AvgIpc) is 2.36. The lowest BCUT2D eigenvalue weighted by Gasteiger charge is -2.14. The van der Waals surface area contributed by atoms with Gasteiger partial charge in [-0.05, 0) is 25.7 Å². The summed E-state index contributed by atoms with van der Waals surface area (Å²) in [6.45, 7) is 9.95. The average molecular weight is 398 g/mol. The van der Waals surface area contributed by atoms with E-state index in [4.69, 9.17) is 0 Å². The molecule has 0 spiro atoms. The molecule has 0 aromatic rings. The fourth-order valence-corrected chi connectivity index (χ4v) is 1.44. The zero-order chi connectivity index (χ0) is 14.7. The Labute approximate surface area is 140 Å². The molecule has 1 unspecified atom stereocenters. The van der Waals surface area contributed by atoms with Crippen molar-refractivity contribution in [2.24, 2.45) is 10.9 Å². The van der Waals surface area contributed by atoms with Crippen LogP contribution < -0.4 is 16.0 Å². The first-order valence-electron chi connectivity index (χ1n) is 7.23. The standard InChI is InChI=1S/C14H30N4O.HI/c1-6-12(4)18-13(19)8-10-17-14(15-5)16-9-7-11(2)3;/h11-12H,6-10H2,1-5H3,(H,18,19)(H2,15,16,17);1H. The van der Waals surface area contributed by atoms with Crippen LogP contribution in [-0.4, -0.2) is 38.0 Å². The summed E-state index contributed by atoms with van der Waals surface area (Å²) in [5.74, 6) is 1.52. The van der Waals surface area contributed by atoms with Crippen molar-refractivity contribution in [2.45, 2.75) is 53.0 Å². The van der Waals surface area contributed by atoms with Crippen LogP contribution in [-0.2, 0) is 4.79 Å². The van der Waals surface area contributed by atoms with Gasteiger partial charge in [0.25, 0.3) is 0 Å². The highest BCUT2D eigenvalue weighted by Crippen LogP contribution is 1.96. The molecule has 20 heavy (non-hydrogen) atoms. The van der Waals surface area contributed by atoms with Gasteiger partial charge in [-0.15, -0.1) is 24.0 Å². The Morgan fingerprint density at radius 3 is 2.25 bits per heavy atom. The van der Waals surface area contributed by atoms with E-state index in [9.17, 15) is 4.79 Å². The molecule has 1 amide bonds. The van der Waals surface area contributed by atoms with Crippen LogP contribution >= 0.6 is 24.0 Å². The van der Waals surface area contributed by atoms with Crippen molar-refractivity contribution in [3.05, 3.63) is 0 Å². The summed E-state index contributed by atoms with van der Waals surface area (Å²) in [6, 6.07) is 0.246. The van der Waals surface area contributed by atoms with Gasteiger partial charge in [-0.3, -0.25) is 9.79 Å². The first-order valence-corrected chi connectivity index (χ1v) is 7.23. The summed E-state index contributed by atoms with van der Waals surface area (Å²) in [5, 5.41) is 9.32. The summed E-state index contributed by atoms with van der Waals surface area (Å²) < 4.78 is 0. The van der Waals surface area contributed by atoms with Crippen LogP contribution in [0.25, 0.3) is 0 Å². The zero-order valence-corrected chi connectivity index (χ0v) is 15.8. The number of rotatable bonds is 8. The van der Waals surface area contributed by atoms with E-state index in [1.54, 1.807) is 7.05 Å². The molecule has 0 saturated heterocycles. The van der Waals surface area contributed by atoms with Crippen LogP contribution in [0.15, 0.2) is 4.99 Å². The molecular formula is C14H31IN4O. The van der Waals surface area contributed by atoms with Gasteiger partial charge in [0.2, 0.25) is 5.91 Å². The number of hydrogen-bond donors (Lipinski definition) is 3. The summed E-state index contributed by atoms with van der Waals surface area (Å²) >= 11 is 0. The quantitative estimate of drug-likeness (QED) is 0.333. The molecule has 5 nitrogen and oxygen atoms in total. The highest BCUT2D eigenvalue weighted by molar-refractivity contribution is 14.0. The van der Waals surface area contributed by atoms with E-state index < -0.39 is 0 Å². The highest BCUT2D eigenvalue weighted by atomic mass is 127. The Bertz CT molecular complexity index is 282. The molecule has 0 fully saturated rings. The smallest absolute Gasteiger partial charge is 0.221 e. The predicted molar refractivity (Wildman–Crippen MR) is 96.7 cm³/mol. The van der Waals surface area contributed by atoms with Crippen molar-refractivity contribution < 1.29 is 4.79 Å². The maximum atomic E-state index is 11.6. The van der Waals surface area contributed by atoms with Crippen LogP contribution in [0.1, 0.15) is 47.0 Å². The normalized spacial score (nSPS) is 12.6. The molecule has 3 N–H and O–H groups in total. The minimum atomic E-state index is 0. The van der Waals surface area contributed by atoms with E-state index in [0.717, 1.165) is 25.3 Å². The van der Waals surface area contributed by atoms with E-state index in [1.807, 2.05) is 6.92 Å². The maximum Gasteiger partial charge on any atom is 0.221 e. The molecule has 0 radical (unpaired) electrons. The molecule has 0 rings (SSSR count). The minimum Gasteiger partial charge on any atom is -0.356 e. The van der Waals surface area contributed by atoms with Crippen molar-refractivity contribution in [3.63, 3.8) is 0 Å². The second-order valence-electron chi connectivity index (χ2n) is 5.24. The lowest BCUT2D eigenvalue weighted by molar-refractivity contribution is -0.121. The molecule has 0 aliphatic heterocycles. The second kappa shape index (κ2) is 13.5. The van der Waals surface area contributed by atoms with Gasteiger partial charge in [-0.25, -0.2) is 0 Å². The molecule has 0 aliphatic carbocycles. The van der Waals surface area contributed by atoms with Crippen molar-refractivity contribution in [2.75, 3.05) is 20.1 Å². The Morgan fingerprint density at radius 2 is 1.75 bits per heavy atom. The van der Waals surface area contributed by atoms with Gasteiger partial charge in [-0.2, -0.15) is 0 Å². The summed E-state index contributed by atoms with van der Waals surface area (Å²) in [5.41, 5.74) is 0.